The van der Waals surface area contributed by atoms with Crippen molar-refractivity contribution in [3.8, 4) is 0 Å². The number of rotatable bonds is 4. The van der Waals surface area contributed by atoms with Crippen molar-refractivity contribution in [2.45, 2.75) is 31.7 Å². The van der Waals surface area contributed by atoms with Crippen molar-refractivity contribution in [1.82, 2.24) is 14.7 Å². The maximum absolute atomic E-state index is 12.3. The lowest BCUT2D eigenvalue weighted by molar-refractivity contribution is -0.138. The second-order valence-corrected chi connectivity index (χ2v) is 5.37. The van der Waals surface area contributed by atoms with Gasteiger partial charge in [-0.2, -0.15) is 0 Å². The second kappa shape index (κ2) is 7.12. The molecule has 3 amide bonds. The number of carboxylic acids is 1. The highest BCUT2D eigenvalue weighted by molar-refractivity contribution is 5.84. The van der Waals surface area contributed by atoms with Gasteiger partial charge in [0.2, 0.25) is 5.91 Å². The number of urea groups is 1. The van der Waals surface area contributed by atoms with E-state index in [4.69, 9.17) is 5.11 Å². The summed E-state index contributed by atoms with van der Waals surface area (Å²) in [4.78, 5) is 39.2. The first-order chi connectivity index (χ1) is 9.32. The van der Waals surface area contributed by atoms with Gasteiger partial charge in [0, 0.05) is 33.7 Å². The van der Waals surface area contributed by atoms with Crippen LogP contribution in [0.2, 0.25) is 0 Å². The Balaban J connectivity index is 2.66. The van der Waals surface area contributed by atoms with Crippen LogP contribution in [0.1, 0.15) is 25.7 Å². The first-order valence-electron chi connectivity index (χ1n) is 6.76. The van der Waals surface area contributed by atoms with Gasteiger partial charge in [-0.05, 0) is 19.3 Å². The first kappa shape index (κ1) is 16.3. The smallest absolute Gasteiger partial charge is 0.320 e. The summed E-state index contributed by atoms with van der Waals surface area (Å²) in [5.74, 6) is -1.06. The van der Waals surface area contributed by atoms with Crippen molar-refractivity contribution in [3.63, 3.8) is 0 Å². The van der Waals surface area contributed by atoms with Crippen molar-refractivity contribution >= 4 is 17.9 Å². The van der Waals surface area contributed by atoms with Crippen LogP contribution < -0.4 is 0 Å². The fourth-order valence-corrected chi connectivity index (χ4v) is 2.30. The number of carboxylic acid groups (broad SMARTS) is 1. The normalized spacial score (nSPS) is 18.6. The molecule has 0 aromatic carbocycles. The first-order valence-corrected chi connectivity index (χ1v) is 6.76. The van der Waals surface area contributed by atoms with Crippen LogP contribution in [0.15, 0.2) is 0 Å². The van der Waals surface area contributed by atoms with Crippen LogP contribution in [0, 0.1) is 0 Å². The predicted molar refractivity (Wildman–Crippen MR) is 73.3 cm³/mol. The van der Waals surface area contributed by atoms with E-state index in [1.54, 1.807) is 26.0 Å². The molecule has 0 radical (unpaired) electrons. The van der Waals surface area contributed by atoms with Gasteiger partial charge >= 0.3 is 12.0 Å². The fourth-order valence-electron chi connectivity index (χ4n) is 2.30. The SMILES string of the molecule is CN(C)C(=O)CN(C)C(=O)N1CCCCC1CC(=O)O. The van der Waals surface area contributed by atoms with Crippen molar-refractivity contribution < 1.29 is 19.5 Å². The van der Waals surface area contributed by atoms with E-state index in [1.807, 2.05) is 0 Å². The minimum atomic E-state index is -0.901. The molecule has 7 nitrogen and oxygen atoms in total. The summed E-state index contributed by atoms with van der Waals surface area (Å²) >= 11 is 0. The number of aliphatic carboxylic acids is 1. The monoisotopic (exact) mass is 285 g/mol. The van der Waals surface area contributed by atoms with E-state index in [9.17, 15) is 14.4 Å². The highest BCUT2D eigenvalue weighted by Gasteiger charge is 2.30. The average Bonchev–Trinajstić information content (AvgIpc) is 2.37. The summed E-state index contributed by atoms with van der Waals surface area (Å²) in [5, 5.41) is 8.91. The Labute approximate surface area is 119 Å². The molecule has 1 heterocycles. The molecule has 1 aliphatic heterocycles. The van der Waals surface area contributed by atoms with Crippen LogP contribution >= 0.6 is 0 Å². The molecule has 20 heavy (non-hydrogen) atoms. The summed E-state index contributed by atoms with van der Waals surface area (Å²) < 4.78 is 0. The van der Waals surface area contributed by atoms with E-state index in [2.05, 4.69) is 0 Å². The lowest BCUT2D eigenvalue weighted by atomic mass is 10.00. The van der Waals surface area contributed by atoms with Gasteiger partial charge in [0.05, 0.1) is 6.42 Å². The molecule has 1 rings (SSSR count). The second-order valence-electron chi connectivity index (χ2n) is 5.37. The number of hydrogen-bond acceptors (Lipinski definition) is 3. The molecule has 1 unspecified atom stereocenters. The number of carbonyl (C=O) groups is 3. The Kier molecular flexibility index (Phi) is 5.79. The Morgan fingerprint density at radius 2 is 1.85 bits per heavy atom. The van der Waals surface area contributed by atoms with Gasteiger partial charge in [-0.1, -0.05) is 0 Å². The number of amides is 3. The summed E-state index contributed by atoms with van der Waals surface area (Å²) in [5.41, 5.74) is 0. The molecule has 1 atom stereocenters. The van der Waals surface area contributed by atoms with Crippen molar-refractivity contribution in [2.24, 2.45) is 0 Å². The maximum Gasteiger partial charge on any atom is 0.320 e. The molecule has 0 saturated carbocycles. The molecule has 1 fully saturated rings. The van der Waals surface area contributed by atoms with Crippen LogP contribution in [-0.4, -0.2) is 78.0 Å². The number of nitrogens with zero attached hydrogens (tertiary/aromatic N) is 3. The standard InChI is InChI=1S/C13H23N3O4/c1-14(2)11(17)9-15(3)13(20)16-7-5-4-6-10(16)8-12(18)19/h10H,4-9H2,1-3H3,(H,18,19). The minimum absolute atomic E-state index is 0.00211. The number of piperidine rings is 1. The number of hydrogen-bond donors (Lipinski definition) is 1. The average molecular weight is 285 g/mol. The number of carbonyl (C=O) groups excluding carboxylic acids is 2. The Bertz CT molecular complexity index is 384. The molecule has 0 bridgehead atoms. The molecule has 7 heteroatoms. The predicted octanol–water partition coefficient (Wildman–Crippen LogP) is 0.456. The molecule has 0 spiro atoms. The van der Waals surface area contributed by atoms with Gasteiger partial charge in [0.1, 0.15) is 6.54 Å². The highest BCUT2D eigenvalue weighted by atomic mass is 16.4. The number of likely N-dealkylation sites (tertiary alicyclic amines) is 1. The van der Waals surface area contributed by atoms with E-state index in [-0.39, 0.29) is 30.9 Å². The summed E-state index contributed by atoms with van der Waals surface area (Å²) in [6, 6.07) is -0.545. The summed E-state index contributed by atoms with van der Waals surface area (Å²) in [7, 11) is 4.83. The zero-order valence-electron chi connectivity index (χ0n) is 12.3. The third kappa shape index (κ3) is 4.40. The zero-order valence-corrected chi connectivity index (χ0v) is 12.3. The van der Waals surface area contributed by atoms with Crippen LogP contribution in [0.25, 0.3) is 0 Å². The van der Waals surface area contributed by atoms with Gasteiger partial charge in [-0.3, -0.25) is 9.59 Å². The Morgan fingerprint density at radius 3 is 2.40 bits per heavy atom. The van der Waals surface area contributed by atoms with Crippen LogP contribution in [0.4, 0.5) is 4.79 Å². The molecular formula is C13H23N3O4. The Hall–Kier alpha value is -1.79. The van der Waals surface area contributed by atoms with E-state index < -0.39 is 5.97 Å². The largest absolute Gasteiger partial charge is 0.481 e. The van der Waals surface area contributed by atoms with Gasteiger partial charge in [0.15, 0.2) is 0 Å². The third-order valence-corrected chi connectivity index (χ3v) is 3.48. The van der Waals surface area contributed by atoms with E-state index >= 15 is 0 Å². The lowest BCUT2D eigenvalue weighted by Crippen LogP contribution is -2.51. The topological polar surface area (TPSA) is 81.2 Å². The molecule has 114 valence electrons. The minimum Gasteiger partial charge on any atom is -0.481 e. The van der Waals surface area contributed by atoms with Crippen molar-refractivity contribution in [2.75, 3.05) is 34.2 Å². The van der Waals surface area contributed by atoms with Crippen LogP contribution in [-0.2, 0) is 9.59 Å². The van der Waals surface area contributed by atoms with E-state index in [0.717, 1.165) is 12.8 Å². The Morgan fingerprint density at radius 1 is 1.20 bits per heavy atom. The van der Waals surface area contributed by atoms with Crippen LogP contribution in [0.3, 0.4) is 0 Å². The van der Waals surface area contributed by atoms with E-state index in [1.165, 1.54) is 9.80 Å². The van der Waals surface area contributed by atoms with Crippen molar-refractivity contribution in [1.29, 1.82) is 0 Å². The quantitative estimate of drug-likeness (QED) is 0.813. The molecule has 0 aliphatic carbocycles. The van der Waals surface area contributed by atoms with Gasteiger partial charge in [-0.15, -0.1) is 0 Å². The molecular weight excluding hydrogens is 262 g/mol. The van der Waals surface area contributed by atoms with Gasteiger partial charge < -0.3 is 19.8 Å². The van der Waals surface area contributed by atoms with Crippen molar-refractivity contribution in [3.05, 3.63) is 0 Å². The zero-order chi connectivity index (χ0) is 15.3. The highest BCUT2D eigenvalue weighted by Crippen LogP contribution is 2.21. The summed E-state index contributed by atoms with van der Waals surface area (Å²) in [6.07, 6.45) is 2.47. The molecule has 1 saturated heterocycles. The third-order valence-electron chi connectivity index (χ3n) is 3.48. The lowest BCUT2D eigenvalue weighted by Gasteiger charge is -2.37. The maximum atomic E-state index is 12.3. The molecule has 0 aromatic rings. The van der Waals surface area contributed by atoms with Crippen LogP contribution in [0.5, 0.6) is 0 Å². The number of likely N-dealkylation sites (N-methyl/N-ethyl adjacent to an activating group) is 2. The molecule has 1 aliphatic rings. The fraction of sp³-hybridized carbons (Fsp3) is 0.769. The summed E-state index contributed by atoms with van der Waals surface area (Å²) in [6.45, 7) is 0.555. The molecule has 1 N–H and O–H groups in total. The van der Waals surface area contributed by atoms with Gasteiger partial charge in [-0.25, -0.2) is 4.79 Å². The molecule has 0 aromatic heterocycles. The van der Waals surface area contributed by atoms with Gasteiger partial charge in [0.25, 0.3) is 0 Å². The van der Waals surface area contributed by atoms with E-state index in [0.29, 0.717) is 13.0 Å².